The molecule has 1 N–H and O–H groups in total. The van der Waals surface area contributed by atoms with Gasteiger partial charge in [0.15, 0.2) is 11.6 Å². The molecule has 0 saturated carbocycles. The third kappa shape index (κ3) is 4.22. The Bertz CT molecular complexity index is 812. The van der Waals surface area contributed by atoms with Crippen molar-refractivity contribution in [3.05, 3.63) is 29.6 Å². The van der Waals surface area contributed by atoms with E-state index in [1.54, 1.807) is 0 Å². The lowest BCUT2D eigenvalue weighted by Gasteiger charge is -2.31. The fourth-order valence-electron chi connectivity index (χ4n) is 2.33. The van der Waals surface area contributed by atoms with Gasteiger partial charge in [-0.25, -0.2) is 39.0 Å². The monoisotopic (exact) mass is 372 g/mol. The molecule has 0 amide bonds. The van der Waals surface area contributed by atoms with Gasteiger partial charge in [0.2, 0.25) is 20.0 Å². The summed E-state index contributed by atoms with van der Waals surface area (Å²) in [5.74, 6) is -4.41. The number of sulfonamides is 2. The first-order valence-corrected chi connectivity index (χ1v) is 9.96. The molecule has 0 aromatic heterocycles. The molecule has 2 rings (SSSR count). The summed E-state index contributed by atoms with van der Waals surface area (Å²) >= 11 is 0. The van der Waals surface area contributed by atoms with E-state index in [-0.39, 0.29) is 25.2 Å². The molecule has 0 aliphatic carbocycles. The van der Waals surface area contributed by atoms with E-state index >= 15 is 0 Å². The Morgan fingerprint density at radius 2 is 1.70 bits per heavy atom. The fourth-order valence-corrected chi connectivity index (χ4v) is 4.58. The number of rotatable bonds is 4. The average Bonchev–Trinajstić information content (AvgIpc) is 2.41. The van der Waals surface area contributed by atoms with Crippen LogP contribution in [-0.2, 0) is 20.0 Å². The van der Waals surface area contributed by atoms with Crippen LogP contribution in [0.1, 0.15) is 12.8 Å². The van der Waals surface area contributed by atoms with Crippen LogP contribution in [0.25, 0.3) is 0 Å². The molecule has 1 aliphatic rings. The van der Waals surface area contributed by atoms with Gasteiger partial charge in [0.1, 0.15) is 10.7 Å². The van der Waals surface area contributed by atoms with Crippen LogP contribution in [-0.4, -0.2) is 46.5 Å². The largest absolute Gasteiger partial charge is 0.243 e. The number of nitrogens with one attached hydrogen (secondary N) is 1. The molecule has 1 saturated heterocycles. The van der Waals surface area contributed by atoms with E-state index in [0.29, 0.717) is 12.8 Å². The number of hydrogen-bond donors (Lipinski definition) is 1. The predicted octanol–water partition coefficient (Wildman–Crippen LogP) is 0.806. The van der Waals surface area contributed by atoms with Gasteiger partial charge < -0.3 is 0 Å². The van der Waals surface area contributed by atoms with Gasteiger partial charge in [-0.3, -0.25) is 0 Å². The fraction of sp³-hybridized carbons (Fsp3) is 0.500. The van der Waals surface area contributed by atoms with Gasteiger partial charge in [-0.2, -0.15) is 0 Å². The minimum atomic E-state index is -4.45. The molecule has 1 unspecified atom stereocenters. The van der Waals surface area contributed by atoms with E-state index in [4.69, 9.17) is 0 Å². The molecular weight excluding hydrogens is 357 g/mol. The van der Waals surface area contributed by atoms with Gasteiger partial charge in [0.05, 0.1) is 6.26 Å². The first kappa shape index (κ1) is 18.2. The Balaban J connectivity index is 2.23. The smallest absolute Gasteiger partial charge is 0.213 e. The van der Waals surface area contributed by atoms with Crippen molar-refractivity contribution in [1.82, 2.24) is 9.03 Å². The molecule has 6 nitrogen and oxygen atoms in total. The molecule has 1 aliphatic heterocycles. The van der Waals surface area contributed by atoms with Crippen LogP contribution < -0.4 is 4.72 Å². The summed E-state index contributed by atoms with van der Waals surface area (Å²) in [7, 11) is -7.94. The zero-order chi connectivity index (χ0) is 17.4. The van der Waals surface area contributed by atoms with Crippen LogP contribution in [0.15, 0.2) is 17.0 Å². The van der Waals surface area contributed by atoms with Gasteiger partial charge >= 0.3 is 0 Å². The van der Waals surface area contributed by atoms with Crippen molar-refractivity contribution in [2.45, 2.75) is 23.8 Å². The first-order chi connectivity index (χ1) is 10.5. The van der Waals surface area contributed by atoms with Crippen LogP contribution in [0.3, 0.4) is 0 Å². The Hall–Kier alpha value is -1.17. The number of halogens is 3. The number of hydrogen-bond acceptors (Lipinski definition) is 4. The topological polar surface area (TPSA) is 83.6 Å². The van der Waals surface area contributed by atoms with Crippen molar-refractivity contribution in [1.29, 1.82) is 0 Å². The van der Waals surface area contributed by atoms with E-state index in [0.717, 1.165) is 10.6 Å². The first-order valence-electron chi connectivity index (χ1n) is 6.63. The Kier molecular flexibility index (Phi) is 5.04. The average molecular weight is 372 g/mol. The molecule has 23 heavy (non-hydrogen) atoms. The Labute approximate surface area is 132 Å². The second kappa shape index (κ2) is 6.38. The van der Waals surface area contributed by atoms with E-state index < -0.39 is 48.4 Å². The van der Waals surface area contributed by atoms with Gasteiger partial charge in [0.25, 0.3) is 0 Å². The minimum Gasteiger partial charge on any atom is -0.213 e. The molecule has 1 heterocycles. The molecule has 1 atom stereocenters. The summed E-state index contributed by atoms with van der Waals surface area (Å²) in [6.07, 6.45) is 1.76. The molecule has 11 heteroatoms. The SMILES string of the molecule is CS(=O)(=O)N1CCCC(NS(=O)(=O)c2cc(F)c(F)cc2F)C1. The number of nitrogens with zero attached hydrogens (tertiary/aromatic N) is 1. The van der Waals surface area contributed by atoms with E-state index in [1.807, 2.05) is 0 Å². The van der Waals surface area contributed by atoms with Gasteiger partial charge in [0, 0.05) is 25.2 Å². The normalized spacial score (nSPS) is 20.6. The maximum absolute atomic E-state index is 13.6. The lowest BCUT2D eigenvalue weighted by molar-refractivity contribution is 0.305. The summed E-state index contributed by atoms with van der Waals surface area (Å²) in [4.78, 5) is -1.02. The van der Waals surface area contributed by atoms with Crippen LogP contribution in [0.4, 0.5) is 13.2 Å². The van der Waals surface area contributed by atoms with Crippen LogP contribution in [0.2, 0.25) is 0 Å². The van der Waals surface area contributed by atoms with Crippen LogP contribution >= 0.6 is 0 Å². The zero-order valence-corrected chi connectivity index (χ0v) is 13.7. The molecule has 0 bridgehead atoms. The van der Waals surface area contributed by atoms with Crippen LogP contribution in [0.5, 0.6) is 0 Å². The second-order valence-corrected chi connectivity index (χ2v) is 8.94. The highest BCUT2D eigenvalue weighted by molar-refractivity contribution is 7.89. The lowest BCUT2D eigenvalue weighted by Crippen LogP contribution is -2.49. The summed E-state index contributed by atoms with van der Waals surface area (Å²) < 4.78 is 90.2. The predicted molar refractivity (Wildman–Crippen MR) is 76.1 cm³/mol. The highest BCUT2D eigenvalue weighted by Crippen LogP contribution is 2.20. The molecule has 0 radical (unpaired) electrons. The quantitative estimate of drug-likeness (QED) is 0.793. The second-order valence-electron chi connectivity index (χ2n) is 5.28. The third-order valence-electron chi connectivity index (χ3n) is 3.44. The van der Waals surface area contributed by atoms with Crippen molar-refractivity contribution < 1.29 is 30.0 Å². The van der Waals surface area contributed by atoms with Crippen molar-refractivity contribution >= 4 is 20.0 Å². The summed E-state index contributed by atoms with van der Waals surface area (Å²) in [5.41, 5.74) is 0. The lowest BCUT2D eigenvalue weighted by atomic mass is 10.1. The summed E-state index contributed by atoms with van der Waals surface area (Å²) in [5, 5.41) is 0. The Morgan fingerprint density at radius 3 is 2.30 bits per heavy atom. The standard InChI is InChI=1S/C12H15F3N2O4S2/c1-22(18,19)17-4-2-3-8(7-17)16-23(20,21)12-6-10(14)9(13)5-11(12)15/h5-6,8,16H,2-4,7H2,1H3. The summed E-state index contributed by atoms with van der Waals surface area (Å²) in [6, 6.07) is -0.381. The molecule has 0 spiro atoms. The van der Waals surface area contributed by atoms with Crippen molar-refractivity contribution in [2.75, 3.05) is 19.3 Å². The molecule has 1 aromatic rings. The highest BCUT2D eigenvalue weighted by Gasteiger charge is 2.30. The van der Waals surface area contributed by atoms with Crippen molar-refractivity contribution in [3.8, 4) is 0 Å². The molecular formula is C12H15F3N2O4S2. The molecule has 1 fully saturated rings. The summed E-state index contributed by atoms with van der Waals surface area (Å²) in [6.45, 7) is 0.153. The maximum Gasteiger partial charge on any atom is 0.243 e. The Morgan fingerprint density at radius 1 is 1.09 bits per heavy atom. The minimum absolute atomic E-state index is 0.108. The van der Waals surface area contributed by atoms with Gasteiger partial charge in [-0.15, -0.1) is 0 Å². The van der Waals surface area contributed by atoms with E-state index in [9.17, 15) is 30.0 Å². The van der Waals surface area contributed by atoms with Crippen molar-refractivity contribution in [2.24, 2.45) is 0 Å². The van der Waals surface area contributed by atoms with Crippen LogP contribution in [0, 0.1) is 17.5 Å². The maximum atomic E-state index is 13.6. The zero-order valence-electron chi connectivity index (χ0n) is 12.1. The highest BCUT2D eigenvalue weighted by atomic mass is 32.2. The number of piperidine rings is 1. The number of benzene rings is 1. The van der Waals surface area contributed by atoms with Crippen molar-refractivity contribution in [3.63, 3.8) is 0 Å². The van der Waals surface area contributed by atoms with E-state index in [1.165, 1.54) is 0 Å². The molecule has 1 aromatic carbocycles. The molecule has 130 valence electrons. The van der Waals surface area contributed by atoms with Gasteiger partial charge in [-0.05, 0) is 18.9 Å². The van der Waals surface area contributed by atoms with E-state index in [2.05, 4.69) is 4.72 Å². The van der Waals surface area contributed by atoms with Gasteiger partial charge in [-0.1, -0.05) is 0 Å². The third-order valence-corrected chi connectivity index (χ3v) is 6.24.